The van der Waals surface area contributed by atoms with Gasteiger partial charge in [-0.2, -0.15) is 0 Å². The van der Waals surface area contributed by atoms with Crippen molar-refractivity contribution in [2.24, 2.45) is 11.8 Å². The Morgan fingerprint density at radius 2 is 1.66 bits per heavy atom. The van der Waals surface area contributed by atoms with Crippen LogP contribution in [0.5, 0.6) is 0 Å². The zero-order chi connectivity index (χ0) is 25.3. The van der Waals surface area contributed by atoms with Crippen LogP contribution in [0.15, 0.2) is 47.6 Å². The number of rotatable bonds is 6. The summed E-state index contributed by atoms with van der Waals surface area (Å²) in [6.45, 7) is 4.48. The number of carbonyl (C=O) groups is 1. The van der Waals surface area contributed by atoms with Gasteiger partial charge in [-0.05, 0) is 78.5 Å². The number of benzene rings is 1. The fourth-order valence-corrected chi connectivity index (χ4v) is 5.70. The van der Waals surface area contributed by atoms with Gasteiger partial charge in [-0.1, -0.05) is 13.8 Å². The summed E-state index contributed by atoms with van der Waals surface area (Å²) in [5, 5.41) is 0. The molecule has 1 aliphatic rings. The maximum atomic E-state index is 14.7. The monoisotopic (exact) mass is 500 g/mol. The average Bonchev–Trinajstić information content (AvgIpc) is 2.79. The lowest BCUT2D eigenvalue weighted by atomic mass is 9.73. The van der Waals surface area contributed by atoms with Gasteiger partial charge >= 0.3 is 0 Å². The molecule has 2 aromatic heterocycles. The van der Waals surface area contributed by atoms with E-state index in [4.69, 9.17) is 0 Å². The first-order chi connectivity index (χ1) is 16.6. The minimum Gasteiger partial charge on any atom is -0.292 e. The Morgan fingerprint density at radius 1 is 1.00 bits per heavy atom. The third-order valence-electron chi connectivity index (χ3n) is 6.63. The van der Waals surface area contributed by atoms with Crippen LogP contribution in [0, 0.1) is 29.3 Å². The van der Waals surface area contributed by atoms with Crippen molar-refractivity contribution in [3.05, 3.63) is 77.0 Å². The molecule has 0 spiro atoms. The first kappa shape index (κ1) is 25.2. The van der Waals surface area contributed by atoms with Gasteiger partial charge in [0, 0.05) is 40.8 Å². The van der Waals surface area contributed by atoms with E-state index in [0.29, 0.717) is 17.8 Å². The molecule has 1 saturated carbocycles. The van der Waals surface area contributed by atoms with Crippen molar-refractivity contribution >= 4 is 16.6 Å². The van der Waals surface area contributed by atoms with E-state index in [-0.39, 0.29) is 17.0 Å². The molecule has 4 rings (SSSR count). The Hall–Kier alpha value is -2.87. The Kier molecular flexibility index (Phi) is 7.50. The molecule has 0 N–H and O–H groups in total. The molecule has 1 aromatic carbocycles. The van der Waals surface area contributed by atoms with E-state index in [1.807, 2.05) is 6.07 Å². The third kappa shape index (κ3) is 5.53. The van der Waals surface area contributed by atoms with Crippen molar-refractivity contribution in [2.45, 2.75) is 50.3 Å². The highest BCUT2D eigenvalue weighted by Gasteiger charge is 2.27. The van der Waals surface area contributed by atoms with Crippen LogP contribution >= 0.6 is 0 Å². The molecule has 184 valence electrons. The van der Waals surface area contributed by atoms with Gasteiger partial charge in [0.15, 0.2) is 5.78 Å². The van der Waals surface area contributed by atoms with E-state index in [1.165, 1.54) is 18.7 Å². The van der Waals surface area contributed by atoms with Crippen molar-refractivity contribution in [1.82, 2.24) is 9.97 Å². The second kappa shape index (κ2) is 10.4. The Bertz CT molecular complexity index is 1260. The molecule has 1 unspecified atom stereocenters. The van der Waals surface area contributed by atoms with Gasteiger partial charge < -0.3 is 0 Å². The lowest BCUT2D eigenvalue weighted by Crippen LogP contribution is -2.20. The molecular weight excluding hydrogens is 473 g/mol. The van der Waals surface area contributed by atoms with Crippen molar-refractivity contribution in [3.8, 4) is 11.3 Å². The number of aromatic nitrogens is 2. The van der Waals surface area contributed by atoms with Crippen LogP contribution in [-0.4, -0.2) is 26.2 Å². The highest BCUT2D eigenvalue weighted by Crippen LogP contribution is 2.40. The van der Waals surface area contributed by atoms with Crippen LogP contribution in [0.1, 0.15) is 60.6 Å². The molecule has 35 heavy (non-hydrogen) atoms. The average molecular weight is 501 g/mol. The molecule has 4 nitrogen and oxygen atoms in total. The maximum Gasteiger partial charge on any atom is 0.185 e. The summed E-state index contributed by atoms with van der Waals surface area (Å²) in [4.78, 5) is 21.3. The Balaban J connectivity index is 1.65. The molecular formula is C27H27F3N2O2S. The molecule has 3 aromatic rings. The summed E-state index contributed by atoms with van der Waals surface area (Å²) >= 11 is 0. The molecule has 2 heterocycles. The topological polar surface area (TPSA) is 59.9 Å². The summed E-state index contributed by atoms with van der Waals surface area (Å²) < 4.78 is 55.5. The second-order valence-electron chi connectivity index (χ2n) is 9.53. The van der Waals surface area contributed by atoms with E-state index in [1.54, 1.807) is 12.4 Å². The van der Waals surface area contributed by atoms with Crippen LogP contribution in [0.4, 0.5) is 13.2 Å². The minimum absolute atomic E-state index is 0.000768. The molecule has 1 aliphatic carbocycles. The standard InChI is InChI=1S/C27H27F3N2O2S/c1-15-8-16(2)10-17(9-15)20-6-7-31-14-18(20)11-25(33)24-5-4-21(28)27(32-24)26-22(29)12-19(35(3)34)13-23(26)30/h4-7,12-17H,8-11H2,1-3H3/t15-,16+,17?,35-/m0/s1. The predicted molar refractivity (Wildman–Crippen MR) is 129 cm³/mol. The van der Waals surface area contributed by atoms with Gasteiger partial charge in [-0.3, -0.25) is 14.0 Å². The van der Waals surface area contributed by atoms with Crippen molar-refractivity contribution in [3.63, 3.8) is 0 Å². The fraction of sp³-hybridized carbons (Fsp3) is 0.370. The molecule has 0 radical (unpaired) electrons. The van der Waals surface area contributed by atoms with Gasteiger partial charge in [-0.25, -0.2) is 18.2 Å². The van der Waals surface area contributed by atoms with Crippen molar-refractivity contribution in [1.29, 1.82) is 0 Å². The molecule has 4 atom stereocenters. The number of halogens is 3. The molecule has 0 aliphatic heterocycles. The summed E-state index contributed by atoms with van der Waals surface area (Å²) in [7, 11) is -1.62. The zero-order valence-corrected chi connectivity index (χ0v) is 20.7. The minimum atomic E-state index is -1.62. The van der Waals surface area contributed by atoms with Crippen LogP contribution < -0.4 is 0 Å². The van der Waals surface area contributed by atoms with Crippen molar-refractivity contribution < 1.29 is 22.2 Å². The molecule has 0 saturated heterocycles. The SMILES string of the molecule is C[C@@H]1CC(c2ccncc2CC(=O)c2ccc(F)c(-c3c(F)cc([S@](C)=O)cc3F)n2)C[C@H](C)C1. The largest absolute Gasteiger partial charge is 0.292 e. The fourth-order valence-electron chi connectivity index (χ4n) is 5.16. The zero-order valence-electron chi connectivity index (χ0n) is 19.9. The Morgan fingerprint density at radius 3 is 2.29 bits per heavy atom. The van der Waals surface area contributed by atoms with Gasteiger partial charge in [0.2, 0.25) is 0 Å². The number of ketones is 1. The lowest BCUT2D eigenvalue weighted by Gasteiger charge is -2.32. The van der Waals surface area contributed by atoms with Crippen LogP contribution in [0.3, 0.4) is 0 Å². The van der Waals surface area contributed by atoms with Gasteiger partial charge in [0.25, 0.3) is 0 Å². The predicted octanol–water partition coefficient (Wildman–Crippen LogP) is 6.26. The number of hydrogen-bond acceptors (Lipinski definition) is 4. The van der Waals surface area contributed by atoms with Gasteiger partial charge in [-0.15, -0.1) is 0 Å². The number of Topliss-reactive ketones (excluding diaryl/α,β-unsaturated/α-hetero) is 1. The van der Waals surface area contributed by atoms with Gasteiger partial charge in [0.1, 0.15) is 28.8 Å². The normalized spacial score (nSPS) is 21.0. The van der Waals surface area contributed by atoms with Crippen LogP contribution in [0.25, 0.3) is 11.3 Å². The van der Waals surface area contributed by atoms with E-state index >= 15 is 0 Å². The number of carbonyl (C=O) groups excluding carboxylic acids is 1. The highest BCUT2D eigenvalue weighted by atomic mass is 32.2. The first-order valence-electron chi connectivity index (χ1n) is 11.6. The molecule has 1 fully saturated rings. The quantitative estimate of drug-likeness (QED) is 0.375. The summed E-state index contributed by atoms with van der Waals surface area (Å²) in [6.07, 6.45) is 7.93. The number of pyridine rings is 2. The summed E-state index contributed by atoms with van der Waals surface area (Å²) in [5.74, 6) is -2.06. The van der Waals surface area contributed by atoms with E-state index in [9.17, 15) is 22.2 Å². The second-order valence-corrected chi connectivity index (χ2v) is 10.9. The maximum absolute atomic E-state index is 14.7. The number of hydrogen-bond donors (Lipinski definition) is 0. The number of nitrogens with zero attached hydrogens (tertiary/aromatic N) is 2. The Labute approximate surface area is 205 Å². The smallest absolute Gasteiger partial charge is 0.185 e. The molecule has 8 heteroatoms. The molecule has 0 bridgehead atoms. The van der Waals surface area contributed by atoms with Gasteiger partial charge in [0.05, 0.1) is 5.56 Å². The van der Waals surface area contributed by atoms with Crippen LogP contribution in [0.2, 0.25) is 0 Å². The van der Waals surface area contributed by atoms with E-state index in [0.717, 1.165) is 42.2 Å². The third-order valence-corrected chi connectivity index (χ3v) is 7.53. The first-order valence-corrected chi connectivity index (χ1v) is 13.1. The van der Waals surface area contributed by atoms with E-state index < -0.39 is 45.3 Å². The summed E-state index contributed by atoms with van der Waals surface area (Å²) in [6, 6.07) is 5.92. The van der Waals surface area contributed by atoms with Crippen molar-refractivity contribution in [2.75, 3.05) is 6.26 Å². The van der Waals surface area contributed by atoms with Crippen LogP contribution in [-0.2, 0) is 17.2 Å². The van der Waals surface area contributed by atoms with E-state index in [2.05, 4.69) is 23.8 Å². The summed E-state index contributed by atoms with van der Waals surface area (Å²) in [5.41, 5.74) is 0.473. The highest BCUT2D eigenvalue weighted by molar-refractivity contribution is 7.84. The lowest BCUT2D eigenvalue weighted by molar-refractivity contribution is 0.0987. The molecule has 0 amide bonds.